The zero-order valence-electron chi connectivity index (χ0n) is 52.9. The van der Waals surface area contributed by atoms with Gasteiger partial charge in [-0.2, -0.15) is 0 Å². The van der Waals surface area contributed by atoms with Gasteiger partial charge in [-0.15, -0.1) is 0 Å². The first kappa shape index (κ1) is 76.3. The average molecular weight is 1100 g/mol. The van der Waals surface area contributed by atoms with Gasteiger partial charge in [0, 0.05) is 12.8 Å². The van der Waals surface area contributed by atoms with E-state index in [0.29, 0.717) is 25.9 Å². The third-order valence-electron chi connectivity index (χ3n) is 16.7. The van der Waals surface area contributed by atoms with Gasteiger partial charge >= 0.3 is 5.97 Å². The van der Waals surface area contributed by atoms with E-state index >= 15 is 0 Å². The molecule has 0 heterocycles. The highest BCUT2D eigenvalue weighted by molar-refractivity contribution is 5.76. The third-order valence-corrected chi connectivity index (χ3v) is 16.7. The molecule has 0 saturated carbocycles. The van der Waals surface area contributed by atoms with E-state index < -0.39 is 12.1 Å². The van der Waals surface area contributed by atoms with Gasteiger partial charge in [-0.1, -0.05) is 334 Å². The first-order valence-corrected chi connectivity index (χ1v) is 35.6. The van der Waals surface area contributed by atoms with E-state index in [4.69, 9.17) is 4.74 Å². The number of carbonyl (C=O) groups is 2. The van der Waals surface area contributed by atoms with Crippen LogP contribution in [0.3, 0.4) is 0 Å². The second kappa shape index (κ2) is 67.8. The van der Waals surface area contributed by atoms with Crippen molar-refractivity contribution in [1.29, 1.82) is 0 Å². The molecule has 0 aliphatic heterocycles. The van der Waals surface area contributed by atoms with Crippen molar-refractivity contribution in [3.8, 4) is 0 Å². The van der Waals surface area contributed by atoms with Crippen molar-refractivity contribution in [2.75, 3.05) is 13.2 Å². The van der Waals surface area contributed by atoms with Gasteiger partial charge in [-0.05, 0) is 77.0 Å². The molecule has 1 amide bonds. The van der Waals surface area contributed by atoms with Gasteiger partial charge in [0.1, 0.15) is 0 Å². The number of aliphatic hydroxyl groups is 2. The fraction of sp³-hybridized carbons (Fsp3) is 0.917. The van der Waals surface area contributed by atoms with Crippen LogP contribution in [0.25, 0.3) is 0 Å². The quantitative estimate of drug-likeness (QED) is 0.0320. The molecule has 0 aliphatic rings. The maximum Gasteiger partial charge on any atom is 0.305 e. The number of amides is 1. The summed E-state index contributed by atoms with van der Waals surface area (Å²) in [4.78, 5) is 24.6. The van der Waals surface area contributed by atoms with Gasteiger partial charge in [-0.25, -0.2) is 0 Å². The zero-order valence-corrected chi connectivity index (χ0v) is 52.9. The maximum atomic E-state index is 12.5. The van der Waals surface area contributed by atoms with Crippen LogP contribution in [0.1, 0.15) is 399 Å². The van der Waals surface area contributed by atoms with Gasteiger partial charge in [0.2, 0.25) is 5.91 Å². The van der Waals surface area contributed by atoms with Crippen LogP contribution in [-0.4, -0.2) is 47.4 Å². The Morgan fingerprint density at radius 1 is 0.346 bits per heavy atom. The Bertz CT molecular complexity index is 1220. The van der Waals surface area contributed by atoms with Crippen LogP contribution in [0.15, 0.2) is 24.3 Å². The molecule has 0 aliphatic carbocycles. The maximum absolute atomic E-state index is 12.5. The highest BCUT2D eigenvalue weighted by atomic mass is 16.5. The van der Waals surface area contributed by atoms with Crippen LogP contribution < -0.4 is 5.32 Å². The second-order valence-corrected chi connectivity index (χ2v) is 24.6. The molecule has 6 nitrogen and oxygen atoms in total. The number of rotatable bonds is 67. The summed E-state index contributed by atoms with van der Waals surface area (Å²) in [7, 11) is 0. The number of carbonyl (C=O) groups excluding carboxylic acids is 2. The molecule has 2 atom stereocenters. The van der Waals surface area contributed by atoms with E-state index in [1.807, 2.05) is 0 Å². The summed E-state index contributed by atoms with van der Waals surface area (Å²) in [6.45, 7) is 4.97. The first-order valence-electron chi connectivity index (χ1n) is 35.6. The zero-order chi connectivity index (χ0) is 56.4. The number of unbranched alkanes of at least 4 members (excludes halogenated alkanes) is 52. The normalized spacial score (nSPS) is 12.6. The molecule has 0 bridgehead atoms. The van der Waals surface area contributed by atoms with E-state index in [1.165, 1.54) is 321 Å². The number of hydrogen-bond donors (Lipinski definition) is 3. The molecule has 3 N–H and O–H groups in total. The molecule has 0 aromatic rings. The van der Waals surface area contributed by atoms with Crippen LogP contribution >= 0.6 is 0 Å². The number of hydrogen-bond acceptors (Lipinski definition) is 5. The molecule has 6 heteroatoms. The van der Waals surface area contributed by atoms with Crippen molar-refractivity contribution in [3.05, 3.63) is 24.3 Å². The molecule has 0 saturated heterocycles. The highest BCUT2D eigenvalue weighted by Crippen LogP contribution is 2.19. The standard InChI is InChI=1S/C72H139NO5/c1-3-5-7-9-11-13-15-17-18-39-42-46-50-54-58-62-66-72(77)78-67-63-59-55-51-47-43-40-37-35-33-31-29-27-25-23-21-19-20-22-24-26-28-30-32-34-36-38-41-45-49-53-57-61-65-71(76)73-69(68-74)70(75)64-60-56-52-48-44-16-14-12-10-8-6-4-2/h18,23,25,39,69-70,74-75H,3-17,19-22,24,26-38,40-68H2,1-2H3,(H,73,76)/b25-23-,39-18-. The van der Waals surface area contributed by atoms with Crippen molar-refractivity contribution in [2.45, 2.75) is 411 Å². The smallest absolute Gasteiger partial charge is 0.305 e. The lowest BCUT2D eigenvalue weighted by atomic mass is 10.0. The first-order chi connectivity index (χ1) is 38.5. The van der Waals surface area contributed by atoms with E-state index in [0.717, 1.165) is 44.9 Å². The summed E-state index contributed by atoms with van der Waals surface area (Å²) in [5.41, 5.74) is 0. The summed E-state index contributed by atoms with van der Waals surface area (Å²) in [5, 5.41) is 23.3. The largest absolute Gasteiger partial charge is 0.466 e. The Morgan fingerprint density at radius 3 is 0.910 bits per heavy atom. The lowest BCUT2D eigenvalue weighted by Gasteiger charge is -2.22. The number of aliphatic hydroxyl groups excluding tert-OH is 2. The van der Waals surface area contributed by atoms with E-state index in [-0.39, 0.29) is 18.5 Å². The Hall–Kier alpha value is -1.66. The fourth-order valence-corrected chi connectivity index (χ4v) is 11.3. The molecular weight excluding hydrogens is 959 g/mol. The summed E-state index contributed by atoms with van der Waals surface area (Å²) < 4.78 is 5.50. The van der Waals surface area contributed by atoms with E-state index in [1.54, 1.807) is 0 Å². The number of nitrogens with one attached hydrogen (secondary N) is 1. The lowest BCUT2D eigenvalue weighted by molar-refractivity contribution is -0.143. The van der Waals surface area contributed by atoms with Gasteiger partial charge in [0.05, 0.1) is 25.4 Å². The minimum absolute atomic E-state index is 0.0119. The summed E-state index contributed by atoms with van der Waals surface area (Å²) in [6, 6.07) is -0.538. The van der Waals surface area contributed by atoms with Gasteiger partial charge < -0.3 is 20.3 Å². The molecule has 2 unspecified atom stereocenters. The minimum Gasteiger partial charge on any atom is -0.466 e. The van der Waals surface area contributed by atoms with Crippen LogP contribution in [0.2, 0.25) is 0 Å². The summed E-state index contributed by atoms with van der Waals surface area (Å²) in [5.74, 6) is -0.0185. The molecule has 0 spiro atoms. The summed E-state index contributed by atoms with van der Waals surface area (Å²) >= 11 is 0. The Morgan fingerprint density at radius 2 is 0.603 bits per heavy atom. The topological polar surface area (TPSA) is 95.9 Å². The van der Waals surface area contributed by atoms with Gasteiger partial charge in [-0.3, -0.25) is 9.59 Å². The van der Waals surface area contributed by atoms with Crippen LogP contribution in [-0.2, 0) is 14.3 Å². The van der Waals surface area contributed by atoms with Crippen LogP contribution in [0, 0.1) is 0 Å². The number of ether oxygens (including phenoxy) is 1. The molecule has 0 aromatic heterocycles. The monoisotopic (exact) mass is 1100 g/mol. The van der Waals surface area contributed by atoms with Crippen molar-refractivity contribution in [2.24, 2.45) is 0 Å². The predicted octanol–water partition coefficient (Wildman–Crippen LogP) is 22.9. The highest BCUT2D eigenvalue weighted by Gasteiger charge is 2.20. The molecule has 78 heavy (non-hydrogen) atoms. The van der Waals surface area contributed by atoms with E-state index in [2.05, 4.69) is 43.5 Å². The van der Waals surface area contributed by atoms with Gasteiger partial charge in [0.15, 0.2) is 0 Å². The average Bonchev–Trinajstić information content (AvgIpc) is 3.44. The SMILES string of the molecule is CCCCCCCCC/C=C\CCCCCCCC(=O)OCCCCCCCCCCCCCC/C=C\CCCCCCCCCCCCCCCCCCCC(=O)NC(CO)C(O)CCCCCCCCCCCCCC. The lowest BCUT2D eigenvalue weighted by Crippen LogP contribution is -2.45. The fourth-order valence-electron chi connectivity index (χ4n) is 11.3. The molecule has 0 radical (unpaired) electrons. The Balaban J connectivity index is 3.33. The second-order valence-electron chi connectivity index (χ2n) is 24.6. The van der Waals surface area contributed by atoms with Gasteiger partial charge in [0.25, 0.3) is 0 Å². The van der Waals surface area contributed by atoms with Crippen molar-refractivity contribution >= 4 is 11.9 Å². The molecule has 0 aromatic carbocycles. The van der Waals surface area contributed by atoms with E-state index in [9.17, 15) is 19.8 Å². The number of esters is 1. The van der Waals surface area contributed by atoms with Crippen molar-refractivity contribution < 1.29 is 24.5 Å². The van der Waals surface area contributed by atoms with Crippen molar-refractivity contribution in [3.63, 3.8) is 0 Å². The molecule has 462 valence electrons. The molecular formula is C72H139NO5. The predicted molar refractivity (Wildman–Crippen MR) is 343 cm³/mol. The summed E-state index contributed by atoms with van der Waals surface area (Å²) in [6.07, 6.45) is 85.3. The van der Waals surface area contributed by atoms with Crippen LogP contribution in [0.4, 0.5) is 0 Å². The minimum atomic E-state index is -0.660. The molecule has 0 fully saturated rings. The molecule has 0 rings (SSSR count). The Labute approximate surface area is 488 Å². The van der Waals surface area contributed by atoms with Crippen LogP contribution in [0.5, 0.6) is 0 Å². The third kappa shape index (κ3) is 63.5. The van der Waals surface area contributed by atoms with Crippen molar-refractivity contribution in [1.82, 2.24) is 5.32 Å². The Kier molecular flexibility index (Phi) is 66.4. The number of allylic oxidation sites excluding steroid dienone is 4.